The van der Waals surface area contributed by atoms with E-state index in [0.29, 0.717) is 0 Å². The van der Waals surface area contributed by atoms with E-state index in [-0.39, 0.29) is 0 Å². The Morgan fingerprint density at radius 3 is 3.18 bits per heavy atom. The number of nitrogens with two attached hydrogens (primary N) is 1. The fourth-order valence-electron chi connectivity index (χ4n) is 1.47. The van der Waals surface area contributed by atoms with Crippen LogP contribution in [-0.4, -0.2) is 9.78 Å². The Morgan fingerprint density at radius 1 is 1.64 bits per heavy atom. The zero-order valence-electron chi connectivity index (χ0n) is 6.54. The van der Waals surface area contributed by atoms with Gasteiger partial charge in [0.1, 0.15) is 0 Å². The fraction of sp³-hybridized carbons (Fsp3) is 0.375. The van der Waals surface area contributed by atoms with Gasteiger partial charge in [-0.1, -0.05) is 6.08 Å². The van der Waals surface area contributed by atoms with Crippen molar-refractivity contribution in [3.63, 3.8) is 0 Å². The van der Waals surface area contributed by atoms with Crippen molar-refractivity contribution in [2.75, 3.05) is 0 Å². The van der Waals surface area contributed by atoms with E-state index in [1.807, 2.05) is 17.9 Å². The SMILES string of the molecule is Cn1ncc2c1CCC=C2N. The number of hydrogen-bond acceptors (Lipinski definition) is 2. The quantitative estimate of drug-likeness (QED) is 0.589. The predicted octanol–water partition coefficient (Wildman–Crippen LogP) is 0.666. The van der Waals surface area contributed by atoms with Crippen LogP contribution in [0.1, 0.15) is 17.7 Å². The Labute approximate surface area is 65.5 Å². The lowest BCUT2D eigenvalue weighted by molar-refractivity contribution is 0.703. The van der Waals surface area contributed by atoms with Gasteiger partial charge >= 0.3 is 0 Å². The molecule has 3 heteroatoms. The summed E-state index contributed by atoms with van der Waals surface area (Å²) < 4.78 is 1.90. The maximum absolute atomic E-state index is 5.77. The second-order valence-electron chi connectivity index (χ2n) is 2.83. The standard InChI is InChI=1S/C8H11N3/c1-11-8-4-2-3-7(9)6(8)5-10-11/h3,5H,2,4,9H2,1H3. The maximum Gasteiger partial charge on any atom is 0.0585 e. The molecule has 0 radical (unpaired) electrons. The minimum Gasteiger partial charge on any atom is -0.398 e. The summed E-state index contributed by atoms with van der Waals surface area (Å²) in [6.07, 6.45) is 6.00. The highest BCUT2D eigenvalue weighted by molar-refractivity contribution is 5.65. The van der Waals surface area contributed by atoms with Gasteiger partial charge in [0.25, 0.3) is 0 Å². The van der Waals surface area contributed by atoms with Gasteiger partial charge in [-0.05, 0) is 12.8 Å². The van der Waals surface area contributed by atoms with Crippen LogP contribution in [0.25, 0.3) is 5.70 Å². The third-order valence-corrected chi connectivity index (χ3v) is 2.12. The van der Waals surface area contributed by atoms with Crippen LogP contribution in [0.3, 0.4) is 0 Å². The normalized spacial score (nSPS) is 15.9. The number of nitrogens with zero attached hydrogens (tertiary/aromatic N) is 2. The molecule has 1 aliphatic carbocycles. The topological polar surface area (TPSA) is 43.8 Å². The number of aromatic nitrogens is 2. The summed E-state index contributed by atoms with van der Waals surface area (Å²) in [4.78, 5) is 0. The Hall–Kier alpha value is -1.25. The van der Waals surface area contributed by atoms with Gasteiger partial charge in [-0.2, -0.15) is 5.10 Å². The van der Waals surface area contributed by atoms with E-state index < -0.39 is 0 Å². The summed E-state index contributed by atoms with van der Waals surface area (Å²) in [7, 11) is 1.96. The van der Waals surface area contributed by atoms with Gasteiger partial charge in [0, 0.05) is 24.0 Å². The number of hydrogen-bond donors (Lipinski definition) is 1. The van der Waals surface area contributed by atoms with Gasteiger partial charge in [0.05, 0.1) is 6.20 Å². The highest BCUT2D eigenvalue weighted by Gasteiger charge is 2.13. The first-order valence-corrected chi connectivity index (χ1v) is 3.76. The molecule has 0 saturated heterocycles. The van der Waals surface area contributed by atoms with Crippen molar-refractivity contribution in [1.29, 1.82) is 0 Å². The van der Waals surface area contributed by atoms with E-state index in [9.17, 15) is 0 Å². The van der Waals surface area contributed by atoms with Crippen molar-refractivity contribution >= 4 is 5.70 Å². The summed E-state index contributed by atoms with van der Waals surface area (Å²) in [5.41, 5.74) is 9.01. The lowest BCUT2D eigenvalue weighted by Gasteiger charge is -2.09. The number of rotatable bonds is 0. The molecule has 0 saturated carbocycles. The second-order valence-corrected chi connectivity index (χ2v) is 2.83. The molecule has 0 amide bonds. The summed E-state index contributed by atoms with van der Waals surface area (Å²) in [5, 5.41) is 4.14. The monoisotopic (exact) mass is 149 g/mol. The Morgan fingerprint density at radius 2 is 2.45 bits per heavy atom. The van der Waals surface area contributed by atoms with E-state index in [4.69, 9.17) is 5.73 Å². The van der Waals surface area contributed by atoms with E-state index in [2.05, 4.69) is 11.2 Å². The van der Waals surface area contributed by atoms with Crippen LogP contribution >= 0.6 is 0 Å². The molecule has 1 aliphatic rings. The third kappa shape index (κ3) is 0.843. The fourth-order valence-corrected chi connectivity index (χ4v) is 1.47. The molecule has 1 aromatic heterocycles. The molecule has 0 atom stereocenters. The van der Waals surface area contributed by atoms with Gasteiger partial charge in [-0.15, -0.1) is 0 Å². The van der Waals surface area contributed by atoms with E-state index >= 15 is 0 Å². The smallest absolute Gasteiger partial charge is 0.0585 e. The minimum atomic E-state index is 0.874. The summed E-state index contributed by atoms with van der Waals surface area (Å²) in [5.74, 6) is 0. The van der Waals surface area contributed by atoms with Gasteiger partial charge in [-0.25, -0.2) is 0 Å². The molecular weight excluding hydrogens is 138 g/mol. The first-order chi connectivity index (χ1) is 5.29. The Bertz CT molecular complexity index is 309. The maximum atomic E-state index is 5.77. The highest BCUT2D eigenvalue weighted by Crippen LogP contribution is 2.21. The van der Waals surface area contributed by atoms with Crippen LogP contribution in [0.15, 0.2) is 12.3 Å². The molecule has 3 nitrogen and oxygen atoms in total. The van der Waals surface area contributed by atoms with Crippen LogP contribution in [0.4, 0.5) is 0 Å². The molecule has 11 heavy (non-hydrogen) atoms. The number of allylic oxidation sites excluding steroid dienone is 1. The van der Waals surface area contributed by atoms with Crippen LogP contribution in [0.2, 0.25) is 0 Å². The average molecular weight is 149 g/mol. The Kier molecular flexibility index (Phi) is 1.24. The van der Waals surface area contributed by atoms with E-state index in [1.165, 1.54) is 5.69 Å². The molecule has 0 fully saturated rings. The van der Waals surface area contributed by atoms with Crippen molar-refractivity contribution < 1.29 is 0 Å². The molecule has 0 spiro atoms. The number of aryl methyl sites for hydroxylation is 1. The van der Waals surface area contributed by atoms with Crippen molar-refractivity contribution in [3.05, 3.63) is 23.5 Å². The van der Waals surface area contributed by atoms with Crippen molar-refractivity contribution in [1.82, 2.24) is 9.78 Å². The molecule has 1 heterocycles. The average Bonchev–Trinajstić information content (AvgIpc) is 2.35. The van der Waals surface area contributed by atoms with Gasteiger partial charge in [0.2, 0.25) is 0 Å². The van der Waals surface area contributed by atoms with Crippen LogP contribution in [0.5, 0.6) is 0 Å². The Balaban J connectivity index is 2.58. The van der Waals surface area contributed by atoms with Crippen molar-refractivity contribution in [2.45, 2.75) is 12.8 Å². The van der Waals surface area contributed by atoms with Crippen LogP contribution in [0, 0.1) is 0 Å². The largest absolute Gasteiger partial charge is 0.398 e. The summed E-state index contributed by atoms with van der Waals surface area (Å²) in [6.45, 7) is 0. The van der Waals surface area contributed by atoms with E-state index in [1.54, 1.807) is 0 Å². The molecule has 0 aliphatic heterocycles. The first kappa shape index (κ1) is 6.46. The van der Waals surface area contributed by atoms with Gasteiger partial charge < -0.3 is 5.73 Å². The minimum absolute atomic E-state index is 0.874. The van der Waals surface area contributed by atoms with Gasteiger partial charge in [-0.3, -0.25) is 4.68 Å². The molecule has 58 valence electrons. The van der Waals surface area contributed by atoms with Gasteiger partial charge in [0.15, 0.2) is 0 Å². The molecule has 0 aromatic carbocycles. The van der Waals surface area contributed by atoms with Crippen molar-refractivity contribution in [2.24, 2.45) is 12.8 Å². The third-order valence-electron chi connectivity index (χ3n) is 2.12. The summed E-state index contributed by atoms with van der Waals surface area (Å²) >= 11 is 0. The van der Waals surface area contributed by atoms with Crippen molar-refractivity contribution in [3.8, 4) is 0 Å². The highest BCUT2D eigenvalue weighted by atomic mass is 15.3. The first-order valence-electron chi connectivity index (χ1n) is 3.76. The van der Waals surface area contributed by atoms with E-state index in [0.717, 1.165) is 24.1 Å². The lowest BCUT2D eigenvalue weighted by atomic mass is 10.0. The molecule has 0 unspecified atom stereocenters. The lowest BCUT2D eigenvalue weighted by Crippen LogP contribution is -2.07. The zero-order chi connectivity index (χ0) is 7.84. The van der Waals surface area contributed by atoms with Crippen LogP contribution in [-0.2, 0) is 13.5 Å². The predicted molar refractivity (Wildman–Crippen MR) is 43.7 cm³/mol. The molecule has 0 bridgehead atoms. The number of fused-ring (bicyclic) bond motifs is 1. The second kappa shape index (κ2) is 2.12. The molecular formula is C8H11N3. The summed E-state index contributed by atoms with van der Waals surface area (Å²) in [6, 6.07) is 0. The molecule has 2 N–H and O–H groups in total. The van der Waals surface area contributed by atoms with Crippen LogP contribution < -0.4 is 5.73 Å². The molecule has 1 aromatic rings. The zero-order valence-corrected chi connectivity index (χ0v) is 6.54. The molecule has 2 rings (SSSR count).